The average Bonchev–Trinajstić information content (AvgIpc) is 2.76. The number of aromatic nitrogens is 2. The summed E-state index contributed by atoms with van der Waals surface area (Å²) in [5, 5.41) is 4.13. The highest BCUT2D eigenvalue weighted by molar-refractivity contribution is 5.92. The lowest BCUT2D eigenvalue weighted by molar-refractivity contribution is -0.112. The molecule has 0 spiro atoms. The minimum Gasteiger partial charge on any atom is -0.359 e. The summed E-state index contributed by atoms with van der Waals surface area (Å²) in [6, 6.07) is 9.63. The highest BCUT2D eigenvalue weighted by Crippen LogP contribution is 2.06. The van der Waals surface area contributed by atoms with Crippen molar-refractivity contribution < 1.29 is 4.79 Å². The van der Waals surface area contributed by atoms with E-state index in [9.17, 15) is 4.79 Å². The van der Waals surface area contributed by atoms with Crippen LogP contribution in [0.5, 0.6) is 0 Å². The van der Waals surface area contributed by atoms with Crippen LogP contribution in [0.2, 0.25) is 0 Å². The second-order valence-electron chi connectivity index (χ2n) is 3.12. The van der Waals surface area contributed by atoms with Crippen LogP contribution in [0.25, 0.3) is 5.69 Å². The Kier molecular flexibility index (Phi) is 2.70. The number of primary amides is 1. The van der Waals surface area contributed by atoms with Gasteiger partial charge in [-0.3, -0.25) is 4.79 Å². The van der Waals surface area contributed by atoms with Crippen LogP contribution < -0.4 is 5.73 Å². The molecule has 0 atom stereocenters. The summed E-state index contributed by atoms with van der Waals surface area (Å²) in [6.07, 6.45) is 3.33. The van der Waals surface area contributed by atoms with E-state index in [0.29, 0.717) is 5.56 Å². The fraction of sp³-hybridized carbons (Fsp3) is 0. The predicted octanol–water partition coefficient (Wildman–Crippen LogP) is 0.709. The van der Waals surface area contributed by atoms with Crippen molar-refractivity contribution in [3.63, 3.8) is 0 Å². The lowest BCUT2D eigenvalue weighted by Gasteiger charge is -1.97. The van der Waals surface area contributed by atoms with E-state index >= 15 is 0 Å². The number of hydrogen-bond acceptors (Lipinski definition) is 2. The Hall–Kier alpha value is -2.54. The van der Waals surface area contributed by atoms with Gasteiger partial charge in [-0.15, -0.1) is 0 Å². The molecule has 2 aromatic rings. The molecule has 78 valence electrons. The number of carbonyl (C=O) groups is 1. The monoisotopic (exact) mass is 211 g/mol. The van der Waals surface area contributed by atoms with Crippen LogP contribution >= 0.6 is 0 Å². The van der Waals surface area contributed by atoms with Crippen molar-refractivity contribution >= 4 is 5.91 Å². The Morgan fingerprint density at radius 2 is 2.06 bits per heavy atom. The summed E-state index contributed by atoms with van der Waals surface area (Å²) in [4.78, 5) is 10.5. The quantitative estimate of drug-likeness (QED) is 0.706. The number of hydrogen-bond donors (Lipinski definition) is 1. The number of para-hydroxylation sites is 1. The molecular formula is C12H9N3O. The second kappa shape index (κ2) is 4.32. The fourth-order valence-electron chi connectivity index (χ4n) is 1.24. The zero-order valence-electron chi connectivity index (χ0n) is 8.42. The predicted molar refractivity (Wildman–Crippen MR) is 59.6 cm³/mol. The molecule has 0 aliphatic rings. The van der Waals surface area contributed by atoms with Gasteiger partial charge in [-0.1, -0.05) is 24.1 Å². The molecule has 2 rings (SSSR count). The van der Waals surface area contributed by atoms with Crippen LogP contribution in [0.4, 0.5) is 0 Å². The molecule has 2 N–H and O–H groups in total. The number of carbonyl (C=O) groups excluding carboxylic acids is 1. The normalized spacial score (nSPS) is 9.25. The Balaban J connectivity index is 2.28. The lowest BCUT2D eigenvalue weighted by Crippen LogP contribution is -2.06. The van der Waals surface area contributed by atoms with Crippen molar-refractivity contribution in [2.24, 2.45) is 5.73 Å². The zero-order chi connectivity index (χ0) is 11.4. The molecule has 0 saturated heterocycles. The molecule has 16 heavy (non-hydrogen) atoms. The Morgan fingerprint density at radius 1 is 1.31 bits per heavy atom. The Morgan fingerprint density at radius 3 is 2.75 bits per heavy atom. The van der Waals surface area contributed by atoms with E-state index in [2.05, 4.69) is 16.9 Å². The highest BCUT2D eigenvalue weighted by Gasteiger charge is 1.97. The Labute approximate surface area is 92.7 Å². The van der Waals surface area contributed by atoms with E-state index in [1.807, 2.05) is 30.3 Å². The van der Waals surface area contributed by atoms with Gasteiger partial charge in [-0.2, -0.15) is 5.10 Å². The van der Waals surface area contributed by atoms with Crippen LogP contribution in [0.3, 0.4) is 0 Å². The number of benzene rings is 1. The van der Waals surface area contributed by atoms with Gasteiger partial charge in [0.05, 0.1) is 17.4 Å². The molecule has 1 heterocycles. The van der Waals surface area contributed by atoms with Gasteiger partial charge in [-0.05, 0) is 12.1 Å². The molecule has 4 nitrogen and oxygen atoms in total. The van der Waals surface area contributed by atoms with Gasteiger partial charge < -0.3 is 5.73 Å². The molecule has 0 unspecified atom stereocenters. The van der Waals surface area contributed by atoms with E-state index in [-0.39, 0.29) is 0 Å². The molecule has 0 fully saturated rings. The zero-order valence-corrected chi connectivity index (χ0v) is 8.42. The third-order valence-electron chi connectivity index (χ3n) is 1.93. The molecule has 0 saturated carbocycles. The van der Waals surface area contributed by atoms with E-state index in [1.54, 1.807) is 17.1 Å². The summed E-state index contributed by atoms with van der Waals surface area (Å²) in [5.41, 5.74) is 6.51. The average molecular weight is 211 g/mol. The van der Waals surface area contributed by atoms with Gasteiger partial charge in [0, 0.05) is 12.1 Å². The van der Waals surface area contributed by atoms with Crippen molar-refractivity contribution in [3.8, 4) is 17.5 Å². The van der Waals surface area contributed by atoms with Gasteiger partial charge in [0.2, 0.25) is 0 Å². The number of rotatable bonds is 1. The SMILES string of the molecule is NC(=O)C#Cc1cnn(-c2ccccc2)c1. The smallest absolute Gasteiger partial charge is 0.293 e. The first-order valence-corrected chi connectivity index (χ1v) is 4.67. The summed E-state index contributed by atoms with van der Waals surface area (Å²) in [7, 11) is 0. The van der Waals surface area contributed by atoms with E-state index < -0.39 is 5.91 Å². The third kappa shape index (κ3) is 2.28. The molecule has 0 radical (unpaired) electrons. The van der Waals surface area contributed by atoms with Gasteiger partial charge in [0.25, 0.3) is 5.91 Å². The molecule has 4 heteroatoms. The first-order chi connectivity index (χ1) is 7.75. The molecule has 0 aliphatic heterocycles. The van der Waals surface area contributed by atoms with E-state index in [1.165, 1.54) is 0 Å². The number of nitrogens with zero attached hydrogens (tertiary/aromatic N) is 2. The van der Waals surface area contributed by atoms with Crippen LogP contribution in [-0.4, -0.2) is 15.7 Å². The van der Waals surface area contributed by atoms with Crippen LogP contribution in [-0.2, 0) is 4.79 Å². The standard InChI is InChI=1S/C12H9N3O/c13-12(16)7-6-10-8-14-15(9-10)11-4-2-1-3-5-11/h1-5,8-9H,(H2,13,16). The molecule has 1 amide bonds. The Bertz CT molecular complexity index is 561. The largest absolute Gasteiger partial charge is 0.359 e. The third-order valence-corrected chi connectivity index (χ3v) is 1.93. The first-order valence-electron chi connectivity index (χ1n) is 4.67. The maximum atomic E-state index is 10.5. The fourth-order valence-corrected chi connectivity index (χ4v) is 1.24. The van der Waals surface area contributed by atoms with E-state index in [0.717, 1.165) is 5.69 Å². The minimum atomic E-state index is -0.646. The summed E-state index contributed by atoms with van der Waals surface area (Å²) in [6.45, 7) is 0. The number of nitrogens with two attached hydrogens (primary N) is 1. The molecule has 0 bridgehead atoms. The van der Waals surface area contributed by atoms with Gasteiger partial charge in [-0.25, -0.2) is 4.68 Å². The maximum absolute atomic E-state index is 10.5. The van der Waals surface area contributed by atoms with Crippen molar-refractivity contribution in [3.05, 3.63) is 48.3 Å². The van der Waals surface area contributed by atoms with Gasteiger partial charge in [0.15, 0.2) is 0 Å². The van der Waals surface area contributed by atoms with Gasteiger partial charge >= 0.3 is 0 Å². The molecule has 0 aliphatic carbocycles. The lowest BCUT2D eigenvalue weighted by atomic mass is 10.3. The summed E-state index contributed by atoms with van der Waals surface area (Å²) in [5.74, 6) is 4.24. The van der Waals surface area contributed by atoms with Crippen LogP contribution in [0.1, 0.15) is 5.56 Å². The molecular weight excluding hydrogens is 202 g/mol. The second-order valence-corrected chi connectivity index (χ2v) is 3.12. The molecule has 1 aromatic carbocycles. The maximum Gasteiger partial charge on any atom is 0.293 e. The topological polar surface area (TPSA) is 60.9 Å². The first kappa shape index (κ1) is 9.99. The van der Waals surface area contributed by atoms with Crippen molar-refractivity contribution in [1.82, 2.24) is 9.78 Å². The minimum absolute atomic E-state index is 0.646. The summed E-state index contributed by atoms with van der Waals surface area (Å²) >= 11 is 0. The highest BCUT2D eigenvalue weighted by atomic mass is 16.1. The van der Waals surface area contributed by atoms with Crippen LogP contribution in [0, 0.1) is 11.8 Å². The van der Waals surface area contributed by atoms with Crippen molar-refractivity contribution in [2.45, 2.75) is 0 Å². The molecule has 1 aromatic heterocycles. The number of amides is 1. The van der Waals surface area contributed by atoms with E-state index in [4.69, 9.17) is 5.73 Å². The van der Waals surface area contributed by atoms with Crippen LogP contribution in [0.15, 0.2) is 42.7 Å². The van der Waals surface area contributed by atoms with Crippen molar-refractivity contribution in [1.29, 1.82) is 0 Å². The van der Waals surface area contributed by atoms with Gasteiger partial charge in [0.1, 0.15) is 0 Å². The summed E-state index contributed by atoms with van der Waals surface area (Å²) < 4.78 is 1.69. The van der Waals surface area contributed by atoms with Crippen molar-refractivity contribution in [2.75, 3.05) is 0 Å².